The molecule has 0 bridgehead atoms. The largest absolute Gasteiger partial charge is 0.421 e. The van der Waals surface area contributed by atoms with Crippen LogP contribution in [0.2, 0.25) is 0 Å². The number of carbonyl (C=O) groups excluding carboxylic acids is 1. The van der Waals surface area contributed by atoms with Crippen molar-refractivity contribution in [3.05, 3.63) is 72.6 Å². The van der Waals surface area contributed by atoms with Crippen LogP contribution in [0.3, 0.4) is 0 Å². The van der Waals surface area contributed by atoms with E-state index in [-0.39, 0.29) is 6.10 Å². The molecule has 2 heterocycles. The van der Waals surface area contributed by atoms with E-state index in [0.717, 1.165) is 29.3 Å². The van der Waals surface area contributed by atoms with Crippen molar-refractivity contribution >= 4 is 27.8 Å². The van der Waals surface area contributed by atoms with E-state index in [9.17, 15) is 9.90 Å². The van der Waals surface area contributed by atoms with Crippen LogP contribution in [0.1, 0.15) is 30.1 Å². The number of carbonyl (C=O) groups is 1. The van der Waals surface area contributed by atoms with E-state index >= 15 is 0 Å². The molecule has 28 heavy (non-hydrogen) atoms. The normalized spacial score (nSPS) is 12.4. The van der Waals surface area contributed by atoms with Gasteiger partial charge in [-0.1, -0.05) is 36.4 Å². The van der Waals surface area contributed by atoms with E-state index in [4.69, 9.17) is 4.74 Å². The molecule has 2 aromatic carbocycles. The monoisotopic (exact) mass is 374 g/mol. The molecule has 0 saturated heterocycles. The van der Waals surface area contributed by atoms with Crippen LogP contribution in [-0.4, -0.2) is 26.7 Å². The van der Waals surface area contributed by atoms with Crippen molar-refractivity contribution in [2.75, 3.05) is 0 Å². The number of aliphatic hydroxyl groups is 1. The predicted molar refractivity (Wildman–Crippen MR) is 110 cm³/mol. The van der Waals surface area contributed by atoms with Gasteiger partial charge in [-0.2, -0.15) is 0 Å². The summed E-state index contributed by atoms with van der Waals surface area (Å²) in [6.45, 7) is 2.52. The number of hydrogen-bond acceptors (Lipinski definition) is 4. The van der Waals surface area contributed by atoms with Crippen LogP contribution in [0.25, 0.3) is 21.8 Å². The van der Waals surface area contributed by atoms with Crippen LogP contribution in [0.15, 0.2) is 67.0 Å². The van der Waals surface area contributed by atoms with E-state index in [0.29, 0.717) is 23.3 Å². The number of para-hydroxylation sites is 2. The van der Waals surface area contributed by atoms with Gasteiger partial charge in [0.15, 0.2) is 5.75 Å². The number of hydrogen-bond donors (Lipinski definition) is 1. The minimum Gasteiger partial charge on any atom is -0.421 e. The first kappa shape index (κ1) is 18.2. The number of aliphatic hydroxyl groups excluding tert-OH is 1. The van der Waals surface area contributed by atoms with E-state index in [2.05, 4.69) is 9.55 Å². The summed E-state index contributed by atoms with van der Waals surface area (Å²) in [6.07, 6.45) is 4.75. The molecule has 142 valence electrons. The van der Waals surface area contributed by atoms with E-state index in [1.54, 1.807) is 19.2 Å². The highest BCUT2D eigenvalue weighted by molar-refractivity contribution is 6.05. The first-order valence-electron chi connectivity index (χ1n) is 9.45. The van der Waals surface area contributed by atoms with E-state index < -0.39 is 5.97 Å². The molecule has 2 aromatic heterocycles. The number of esters is 1. The summed E-state index contributed by atoms with van der Waals surface area (Å²) in [6, 6.07) is 17.1. The van der Waals surface area contributed by atoms with Crippen molar-refractivity contribution in [1.82, 2.24) is 9.55 Å². The molecule has 0 amide bonds. The number of fused-ring (bicyclic) bond motifs is 2. The second-order valence-electron chi connectivity index (χ2n) is 6.97. The maximum absolute atomic E-state index is 13.0. The number of nitrogens with zero attached hydrogens (tertiary/aromatic N) is 2. The molecule has 5 nitrogen and oxygen atoms in total. The Hall–Kier alpha value is -3.18. The van der Waals surface area contributed by atoms with Gasteiger partial charge in [0.05, 0.1) is 11.7 Å². The summed E-state index contributed by atoms with van der Waals surface area (Å²) in [5.74, 6) is 0.0534. The van der Waals surface area contributed by atoms with Crippen molar-refractivity contribution in [2.24, 2.45) is 0 Å². The topological polar surface area (TPSA) is 64.4 Å². The number of pyridine rings is 1. The summed E-state index contributed by atoms with van der Waals surface area (Å²) in [7, 11) is 0. The van der Waals surface area contributed by atoms with Crippen LogP contribution in [0.5, 0.6) is 5.75 Å². The van der Waals surface area contributed by atoms with Crippen molar-refractivity contribution < 1.29 is 14.6 Å². The maximum Gasteiger partial charge on any atom is 0.345 e. The average Bonchev–Trinajstić information content (AvgIpc) is 3.07. The van der Waals surface area contributed by atoms with Gasteiger partial charge in [0, 0.05) is 35.2 Å². The third kappa shape index (κ3) is 3.62. The lowest BCUT2D eigenvalue weighted by Crippen LogP contribution is -2.09. The van der Waals surface area contributed by atoms with Gasteiger partial charge < -0.3 is 14.4 Å². The smallest absolute Gasteiger partial charge is 0.345 e. The van der Waals surface area contributed by atoms with Gasteiger partial charge in [0.25, 0.3) is 0 Å². The van der Waals surface area contributed by atoms with E-state index in [1.807, 2.05) is 54.7 Å². The minimum atomic E-state index is -0.399. The van der Waals surface area contributed by atoms with Gasteiger partial charge in [0.1, 0.15) is 5.52 Å². The molecule has 1 unspecified atom stereocenters. The Morgan fingerprint density at radius 2 is 1.96 bits per heavy atom. The Bertz CT molecular complexity index is 1130. The number of ether oxygens (including phenoxy) is 1. The van der Waals surface area contributed by atoms with Crippen LogP contribution in [0.4, 0.5) is 0 Å². The van der Waals surface area contributed by atoms with E-state index in [1.165, 1.54) is 0 Å². The van der Waals surface area contributed by atoms with Crippen molar-refractivity contribution in [2.45, 2.75) is 32.4 Å². The fourth-order valence-corrected chi connectivity index (χ4v) is 3.46. The summed E-state index contributed by atoms with van der Waals surface area (Å²) in [5, 5.41) is 11.3. The lowest BCUT2D eigenvalue weighted by Gasteiger charge is -2.07. The van der Waals surface area contributed by atoms with Gasteiger partial charge in [0.2, 0.25) is 0 Å². The summed E-state index contributed by atoms with van der Waals surface area (Å²) in [5.41, 5.74) is 2.18. The average molecular weight is 374 g/mol. The van der Waals surface area contributed by atoms with Gasteiger partial charge in [-0.05, 0) is 38.0 Å². The highest BCUT2D eigenvalue weighted by Gasteiger charge is 2.18. The van der Waals surface area contributed by atoms with Crippen LogP contribution in [0, 0.1) is 0 Å². The SMILES string of the molecule is CC(O)CCCn1cc(C(=O)Oc2cccc3cccnc23)c2ccccc21. The number of benzene rings is 2. The van der Waals surface area contributed by atoms with Crippen LogP contribution >= 0.6 is 0 Å². The molecule has 0 radical (unpaired) electrons. The highest BCUT2D eigenvalue weighted by Crippen LogP contribution is 2.27. The Kier molecular flexibility index (Phi) is 5.08. The molecule has 0 aliphatic carbocycles. The lowest BCUT2D eigenvalue weighted by molar-refractivity contribution is 0.0738. The standard InChI is InChI=1S/C23H22N2O3/c1-16(26)7-6-14-25-15-19(18-10-2-3-11-20(18)25)23(27)28-21-12-4-8-17-9-5-13-24-22(17)21/h2-5,8-13,15-16,26H,6-7,14H2,1H3. The Labute approximate surface area is 163 Å². The molecule has 1 N–H and O–H groups in total. The van der Waals surface area contributed by atoms with Crippen molar-refractivity contribution in [1.29, 1.82) is 0 Å². The molecular weight excluding hydrogens is 352 g/mol. The molecule has 0 saturated carbocycles. The zero-order chi connectivity index (χ0) is 19.5. The Morgan fingerprint density at radius 1 is 1.14 bits per heavy atom. The second kappa shape index (κ2) is 7.82. The molecule has 0 aliphatic rings. The third-order valence-corrected chi connectivity index (χ3v) is 4.83. The summed E-state index contributed by atoms with van der Waals surface area (Å²) in [4.78, 5) is 17.3. The molecule has 5 heteroatoms. The highest BCUT2D eigenvalue weighted by atomic mass is 16.5. The lowest BCUT2D eigenvalue weighted by atomic mass is 10.2. The molecule has 1 atom stereocenters. The molecule has 0 fully saturated rings. The van der Waals surface area contributed by atoms with Gasteiger partial charge >= 0.3 is 5.97 Å². The fourth-order valence-electron chi connectivity index (χ4n) is 3.46. The zero-order valence-corrected chi connectivity index (χ0v) is 15.7. The molecule has 4 aromatic rings. The predicted octanol–water partition coefficient (Wildman–Crippen LogP) is 4.57. The third-order valence-electron chi connectivity index (χ3n) is 4.83. The minimum absolute atomic E-state index is 0.329. The summed E-state index contributed by atoms with van der Waals surface area (Å²) < 4.78 is 7.77. The Morgan fingerprint density at radius 3 is 2.82 bits per heavy atom. The van der Waals surface area contributed by atoms with Crippen LogP contribution < -0.4 is 4.74 Å². The quantitative estimate of drug-likeness (QED) is 0.397. The van der Waals surface area contributed by atoms with Crippen molar-refractivity contribution in [3.63, 3.8) is 0 Å². The van der Waals surface area contributed by atoms with Crippen LogP contribution in [-0.2, 0) is 6.54 Å². The van der Waals surface area contributed by atoms with Gasteiger partial charge in [-0.25, -0.2) is 4.79 Å². The van der Waals surface area contributed by atoms with Crippen molar-refractivity contribution in [3.8, 4) is 5.75 Å². The number of rotatable bonds is 6. The zero-order valence-electron chi connectivity index (χ0n) is 15.7. The molecule has 0 spiro atoms. The second-order valence-corrected chi connectivity index (χ2v) is 6.97. The van der Waals surface area contributed by atoms with Gasteiger partial charge in [-0.15, -0.1) is 0 Å². The number of aromatic nitrogens is 2. The maximum atomic E-state index is 13.0. The Balaban J connectivity index is 1.65. The molecule has 4 rings (SSSR count). The number of aryl methyl sites for hydroxylation is 1. The molecule has 0 aliphatic heterocycles. The first-order chi connectivity index (χ1) is 13.6. The fraction of sp³-hybridized carbons (Fsp3) is 0.217. The summed E-state index contributed by atoms with van der Waals surface area (Å²) >= 11 is 0. The first-order valence-corrected chi connectivity index (χ1v) is 9.45. The van der Waals surface area contributed by atoms with Gasteiger partial charge in [-0.3, -0.25) is 4.98 Å². The molecular formula is C23H22N2O3.